The number of carbonyl (C=O) groups excluding carboxylic acids is 1. The Morgan fingerprint density at radius 2 is 1.89 bits per heavy atom. The number of hydrogen-bond acceptors (Lipinski definition) is 2. The van der Waals surface area contributed by atoms with Crippen molar-refractivity contribution in [3.8, 4) is 0 Å². The minimum atomic E-state index is 0.144. The zero-order chi connectivity index (χ0) is 13.3. The van der Waals surface area contributed by atoms with E-state index in [2.05, 4.69) is 36.7 Å². The second-order valence-corrected chi connectivity index (χ2v) is 7.23. The van der Waals surface area contributed by atoms with Crippen molar-refractivity contribution in [3.63, 3.8) is 0 Å². The fraction of sp³-hybridized carbons (Fsp3) is 0.667. The van der Waals surface area contributed by atoms with E-state index in [1.54, 1.807) is 12.3 Å². The van der Waals surface area contributed by atoms with Crippen LogP contribution in [0.1, 0.15) is 57.0 Å². The Morgan fingerprint density at radius 3 is 2.33 bits per heavy atom. The summed E-state index contributed by atoms with van der Waals surface area (Å²) in [7, 11) is 0. The first-order valence-electron chi connectivity index (χ1n) is 6.67. The number of furan rings is 1. The lowest BCUT2D eigenvalue weighted by Gasteiger charge is -2.36. The van der Waals surface area contributed by atoms with E-state index < -0.39 is 0 Å². The largest absolute Gasteiger partial charge is 0.460 e. The van der Waals surface area contributed by atoms with Crippen LogP contribution in [0.4, 0.5) is 0 Å². The van der Waals surface area contributed by atoms with Gasteiger partial charge in [-0.3, -0.25) is 4.79 Å². The van der Waals surface area contributed by atoms with Crippen molar-refractivity contribution < 1.29 is 9.21 Å². The quantitative estimate of drug-likeness (QED) is 0.713. The van der Waals surface area contributed by atoms with Crippen LogP contribution in [0.5, 0.6) is 0 Å². The molecule has 1 heterocycles. The van der Waals surface area contributed by atoms with Crippen molar-refractivity contribution in [1.29, 1.82) is 0 Å². The summed E-state index contributed by atoms with van der Waals surface area (Å²) in [6, 6.07) is 1.79. The van der Waals surface area contributed by atoms with Crippen LogP contribution in [0.15, 0.2) is 21.2 Å². The lowest BCUT2D eigenvalue weighted by molar-refractivity contribution is 0.0790. The molecule has 0 aromatic carbocycles. The molecule has 2 nitrogen and oxygen atoms in total. The number of rotatable bonds is 2. The van der Waals surface area contributed by atoms with Gasteiger partial charge in [-0.25, -0.2) is 0 Å². The first kappa shape index (κ1) is 13.9. The predicted molar refractivity (Wildman–Crippen MR) is 75.6 cm³/mol. The van der Waals surface area contributed by atoms with Crippen LogP contribution >= 0.6 is 15.9 Å². The van der Waals surface area contributed by atoms with Crippen LogP contribution in [-0.4, -0.2) is 5.78 Å². The van der Waals surface area contributed by atoms with Gasteiger partial charge in [-0.1, -0.05) is 20.8 Å². The smallest absolute Gasteiger partial charge is 0.202 e. The van der Waals surface area contributed by atoms with Gasteiger partial charge in [0, 0.05) is 5.92 Å². The van der Waals surface area contributed by atoms with E-state index >= 15 is 0 Å². The average Bonchev–Trinajstić information content (AvgIpc) is 2.73. The third-order valence-electron chi connectivity index (χ3n) is 4.16. The van der Waals surface area contributed by atoms with Crippen molar-refractivity contribution in [2.24, 2.45) is 17.3 Å². The summed E-state index contributed by atoms with van der Waals surface area (Å²) in [5, 5.41) is 0. The Bertz CT molecular complexity index is 420. The Morgan fingerprint density at radius 1 is 1.28 bits per heavy atom. The van der Waals surface area contributed by atoms with Crippen molar-refractivity contribution >= 4 is 21.7 Å². The van der Waals surface area contributed by atoms with Crippen LogP contribution in [0.2, 0.25) is 0 Å². The zero-order valence-electron chi connectivity index (χ0n) is 11.3. The molecule has 0 unspecified atom stereocenters. The molecule has 0 spiro atoms. The molecule has 1 aromatic rings. The maximum Gasteiger partial charge on any atom is 0.202 e. The molecule has 0 N–H and O–H groups in total. The van der Waals surface area contributed by atoms with Crippen LogP contribution < -0.4 is 0 Å². The van der Waals surface area contributed by atoms with E-state index in [-0.39, 0.29) is 11.7 Å². The fourth-order valence-corrected chi connectivity index (χ4v) is 3.27. The molecule has 18 heavy (non-hydrogen) atoms. The van der Waals surface area contributed by atoms with Crippen LogP contribution in [-0.2, 0) is 0 Å². The first-order valence-corrected chi connectivity index (χ1v) is 7.46. The molecule has 0 atom stereocenters. The van der Waals surface area contributed by atoms with E-state index in [9.17, 15) is 4.79 Å². The minimum absolute atomic E-state index is 0.144. The van der Waals surface area contributed by atoms with Crippen molar-refractivity contribution in [2.75, 3.05) is 0 Å². The standard InChI is InChI=1S/C15H21BrO2/c1-15(2,3)11-6-4-10(5-7-11)13(17)14-12(16)8-9-18-14/h8-11H,4-7H2,1-3H3. The second kappa shape index (κ2) is 5.20. The molecule has 0 radical (unpaired) electrons. The van der Waals surface area contributed by atoms with Crippen molar-refractivity contribution in [1.82, 2.24) is 0 Å². The van der Waals surface area contributed by atoms with Gasteiger partial charge < -0.3 is 4.42 Å². The highest BCUT2D eigenvalue weighted by atomic mass is 79.9. The lowest BCUT2D eigenvalue weighted by atomic mass is 9.69. The van der Waals surface area contributed by atoms with E-state index in [0.29, 0.717) is 11.2 Å². The summed E-state index contributed by atoms with van der Waals surface area (Å²) >= 11 is 3.36. The minimum Gasteiger partial charge on any atom is -0.460 e. The Hall–Kier alpha value is -0.570. The van der Waals surface area contributed by atoms with E-state index in [4.69, 9.17) is 4.42 Å². The van der Waals surface area contributed by atoms with Crippen molar-refractivity contribution in [2.45, 2.75) is 46.5 Å². The molecule has 1 aliphatic rings. The first-order chi connectivity index (χ1) is 8.39. The second-order valence-electron chi connectivity index (χ2n) is 6.38. The molecule has 1 aliphatic carbocycles. The molecule has 0 amide bonds. The SMILES string of the molecule is CC(C)(C)C1CCC(C(=O)c2occc2Br)CC1. The molecular weight excluding hydrogens is 292 g/mol. The van der Waals surface area contributed by atoms with Gasteiger partial charge in [0.2, 0.25) is 5.78 Å². The molecular formula is C15H21BrO2. The van der Waals surface area contributed by atoms with E-state index in [1.165, 1.54) is 0 Å². The number of hydrogen-bond donors (Lipinski definition) is 0. The zero-order valence-corrected chi connectivity index (χ0v) is 12.9. The molecule has 0 saturated heterocycles. The van der Waals surface area contributed by atoms with Gasteiger partial charge >= 0.3 is 0 Å². The maximum absolute atomic E-state index is 12.3. The number of Topliss-reactive ketones (excluding diaryl/α,β-unsaturated/α-hetero) is 1. The van der Waals surface area contributed by atoms with Gasteiger partial charge in [-0.2, -0.15) is 0 Å². The molecule has 1 aromatic heterocycles. The summed E-state index contributed by atoms with van der Waals surface area (Å²) in [5.74, 6) is 1.54. The Labute approximate surface area is 117 Å². The molecule has 1 saturated carbocycles. The molecule has 0 aliphatic heterocycles. The molecule has 100 valence electrons. The molecule has 3 heteroatoms. The highest BCUT2D eigenvalue weighted by Gasteiger charge is 2.33. The van der Waals surface area contributed by atoms with Gasteiger partial charge in [-0.05, 0) is 59.0 Å². The third-order valence-corrected chi connectivity index (χ3v) is 4.79. The third kappa shape index (κ3) is 2.87. The molecule has 1 fully saturated rings. The number of carbonyl (C=O) groups is 1. The number of ketones is 1. The summed E-state index contributed by atoms with van der Waals surface area (Å²) in [4.78, 5) is 12.3. The Kier molecular flexibility index (Phi) is 4.00. The van der Waals surface area contributed by atoms with Gasteiger partial charge in [0.25, 0.3) is 0 Å². The van der Waals surface area contributed by atoms with Gasteiger partial charge in [-0.15, -0.1) is 0 Å². The van der Waals surface area contributed by atoms with E-state index in [1.807, 2.05) is 0 Å². The highest BCUT2D eigenvalue weighted by Crippen LogP contribution is 2.41. The maximum atomic E-state index is 12.3. The Balaban J connectivity index is 1.99. The van der Waals surface area contributed by atoms with Crippen molar-refractivity contribution in [3.05, 3.63) is 22.6 Å². The fourth-order valence-electron chi connectivity index (χ4n) is 2.88. The molecule has 2 rings (SSSR count). The van der Waals surface area contributed by atoms with Gasteiger partial charge in [0.15, 0.2) is 5.76 Å². The van der Waals surface area contributed by atoms with Gasteiger partial charge in [0.05, 0.1) is 10.7 Å². The average molecular weight is 313 g/mol. The van der Waals surface area contributed by atoms with Crippen LogP contribution in [0.25, 0.3) is 0 Å². The number of halogens is 1. The summed E-state index contributed by atoms with van der Waals surface area (Å²) < 4.78 is 6.06. The predicted octanol–water partition coefficient (Wildman–Crippen LogP) is 5.08. The summed E-state index contributed by atoms with van der Waals surface area (Å²) in [6.45, 7) is 6.88. The lowest BCUT2D eigenvalue weighted by Crippen LogP contribution is -2.28. The highest BCUT2D eigenvalue weighted by molar-refractivity contribution is 9.10. The molecule has 0 bridgehead atoms. The summed E-state index contributed by atoms with van der Waals surface area (Å²) in [6.07, 6.45) is 5.86. The normalized spacial score (nSPS) is 25.1. The van der Waals surface area contributed by atoms with Crippen LogP contribution in [0.3, 0.4) is 0 Å². The van der Waals surface area contributed by atoms with Gasteiger partial charge in [0.1, 0.15) is 0 Å². The summed E-state index contributed by atoms with van der Waals surface area (Å²) in [5.41, 5.74) is 0.360. The monoisotopic (exact) mass is 312 g/mol. The topological polar surface area (TPSA) is 30.2 Å². The van der Waals surface area contributed by atoms with Crippen LogP contribution in [0, 0.1) is 17.3 Å². The van der Waals surface area contributed by atoms with E-state index in [0.717, 1.165) is 36.1 Å².